The van der Waals surface area contributed by atoms with Crippen molar-refractivity contribution in [3.05, 3.63) is 54.1 Å². The van der Waals surface area contributed by atoms with Crippen molar-refractivity contribution in [3.8, 4) is 11.5 Å². The Morgan fingerprint density at radius 1 is 1.00 bits per heavy atom. The maximum absolute atomic E-state index is 12.2. The van der Waals surface area contributed by atoms with Crippen LogP contribution in [-0.2, 0) is 16.1 Å². The van der Waals surface area contributed by atoms with Crippen LogP contribution in [0.2, 0.25) is 0 Å². The van der Waals surface area contributed by atoms with Gasteiger partial charge >= 0.3 is 0 Å². The summed E-state index contributed by atoms with van der Waals surface area (Å²) in [7, 11) is 3.41. The zero-order valence-corrected chi connectivity index (χ0v) is 16.5. The molecule has 0 aliphatic heterocycles. The lowest BCUT2D eigenvalue weighted by molar-refractivity contribution is -0.123. The highest BCUT2D eigenvalue weighted by Gasteiger charge is 2.10. The maximum atomic E-state index is 12.2. The molecule has 28 heavy (non-hydrogen) atoms. The monoisotopic (exact) mass is 385 g/mol. The van der Waals surface area contributed by atoms with Gasteiger partial charge in [0, 0.05) is 25.8 Å². The van der Waals surface area contributed by atoms with Gasteiger partial charge in [0.1, 0.15) is 0 Å². The molecule has 150 valence electrons. The standard InChI is InChI=1S/C21H27N3O4/c1-4-22-21(26)15-28-18-11-10-16(12-19(18)27-3)13-23-20(25)14-24(2)17-8-6-5-7-9-17/h5-12H,4,13-15H2,1-3H3,(H,22,26)(H,23,25). The predicted molar refractivity (Wildman–Crippen MR) is 109 cm³/mol. The number of hydrogen-bond acceptors (Lipinski definition) is 5. The number of methoxy groups -OCH3 is 1. The molecule has 0 bridgehead atoms. The van der Waals surface area contributed by atoms with E-state index in [1.54, 1.807) is 12.1 Å². The first-order valence-electron chi connectivity index (χ1n) is 9.12. The Kier molecular flexibility index (Phi) is 8.14. The van der Waals surface area contributed by atoms with Gasteiger partial charge in [-0.2, -0.15) is 0 Å². The lowest BCUT2D eigenvalue weighted by Crippen LogP contribution is -2.34. The van der Waals surface area contributed by atoms with Gasteiger partial charge in [-0.15, -0.1) is 0 Å². The van der Waals surface area contributed by atoms with Crippen LogP contribution in [-0.4, -0.2) is 45.7 Å². The molecule has 0 saturated carbocycles. The minimum absolute atomic E-state index is 0.0773. The van der Waals surface area contributed by atoms with Crippen molar-refractivity contribution in [3.63, 3.8) is 0 Å². The predicted octanol–water partition coefficient (Wildman–Crippen LogP) is 1.96. The summed E-state index contributed by atoms with van der Waals surface area (Å²) in [5, 5.41) is 5.56. The Morgan fingerprint density at radius 3 is 2.43 bits per heavy atom. The highest BCUT2D eigenvalue weighted by Crippen LogP contribution is 2.28. The van der Waals surface area contributed by atoms with E-state index in [1.807, 2.05) is 55.3 Å². The molecule has 7 heteroatoms. The van der Waals surface area contributed by atoms with Gasteiger partial charge in [0.05, 0.1) is 13.7 Å². The lowest BCUT2D eigenvalue weighted by Gasteiger charge is -2.18. The maximum Gasteiger partial charge on any atom is 0.257 e. The van der Waals surface area contributed by atoms with Gasteiger partial charge in [-0.1, -0.05) is 24.3 Å². The van der Waals surface area contributed by atoms with Crippen LogP contribution in [0.5, 0.6) is 11.5 Å². The number of anilines is 1. The molecule has 0 spiro atoms. The van der Waals surface area contributed by atoms with Crippen molar-refractivity contribution in [2.75, 3.05) is 38.8 Å². The highest BCUT2D eigenvalue weighted by molar-refractivity contribution is 5.81. The summed E-state index contributed by atoms with van der Waals surface area (Å²) in [4.78, 5) is 25.6. The fourth-order valence-corrected chi connectivity index (χ4v) is 2.58. The minimum Gasteiger partial charge on any atom is -0.493 e. The van der Waals surface area contributed by atoms with E-state index in [0.717, 1.165) is 11.3 Å². The van der Waals surface area contributed by atoms with Crippen LogP contribution in [0.15, 0.2) is 48.5 Å². The van der Waals surface area contributed by atoms with E-state index in [1.165, 1.54) is 7.11 Å². The molecule has 2 N–H and O–H groups in total. The normalized spacial score (nSPS) is 10.1. The van der Waals surface area contributed by atoms with Crippen molar-refractivity contribution in [1.82, 2.24) is 10.6 Å². The molecule has 0 aliphatic carbocycles. The first kappa shape index (κ1) is 21.1. The van der Waals surface area contributed by atoms with E-state index < -0.39 is 0 Å². The van der Waals surface area contributed by atoms with E-state index in [-0.39, 0.29) is 25.0 Å². The Balaban J connectivity index is 1.88. The molecule has 2 rings (SSSR count). The molecule has 0 unspecified atom stereocenters. The summed E-state index contributed by atoms with van der Waals surface area (Å²) in [6, 6.07) is 15.1. The Morgan fingerprint density at radius 2 is 1.75 bits per heavy atom. The molecule has 0 aromatic heterocycles. The van der Waals surface area contributed by atoms with Crippen molar-refractivity contribution in [2.45, 2.75) is 13.5 Å². The fourth-order valence-electron chi connectivity index (χ4n) is 2.58. The van der Waals surface area contributed by atoms with Gasteiger partial charge in [0.25, 0.3) is 5.91 Å². The summed E-state index contributed by atoms with van der Waals surface area (Å²) < 4.78 is 10.8. The van der Waals surface area contributed by atoms with Crippen LogP contribution in [0.4, 0.5) is 5.69 Å². The minimum atomic E-state index is -0.191. The second-order valence-corrected chi connectivity index (χ2v) is 6.20. The molecule has 7 nitrogen and oxygen atoms in total. The Labute approximate surface area is 165 Å². The van der Waals surface area contributed by atoms with Gasteiger partial charge in [-0.3, -0.25) is 9.59 Å². The number of carbonyl (C=O) groups is 2. The number of amides is 2. The summed E-state index contributed by atoms with van der Waals surface area (Å²) in [5.41, 5.74) is 1.85. The van der Waals surface area contributed by atoms with Crippen molar-refractivity contribution < 1.29 is 19.1 Å². The van der Waals surface area contributed by atoms with E-state index in [0.29, 0.717) is 24.6 Å². The molecule has 0 saturated heterocycles. The Bertz CT molecular complexity index is 780. The molecule has 0 fully saturated rings. The molecule has 0 heterocycles. The molecule has 0 aliphatic rings. The lowest BCUT2D eigenvalue weighted by atomic mass is 10.2. The zero-order chi connectivity index (χ0) is 20.4. The fraction of sp³-hybridized carbons (Fsp3) is 0.333. The Hall–Kier alpha value is -3.22. The number of likely N-dealkylation sites (N-methyl/N-ethyl adjacent to an activating group) is 2. The average Bonchev–Trinajstić information content (AvgIpc) is 2.71. The van der Waals surface area contributed by atoms with Gasteiger partial charge in [-0.05, 0) is 36.8 Å². The second-order valence-electron chi connectivity index (χ2n) is 6.20. The summed E-state index contributed by atoms with van der Waals surface area (Å²) >= 11 is 0. The third-order valence-corrected chi connectivity index (χ3v) is 4.03. The number of nitrogens with one attached hydrogen (secondary N) is 2. The summed E-state index contributed by atoms with van der Waals surface area (Å²) in [6.07, 6.45) is 0. The highest BCUT2D eigenvalue weighted by atomic mass is 16.5. The van der Waals surface area contributed by atoms with Crippen LogP contribution in [0.3, 0.4) is 0 Å². The van der Waals surface area contributed by atoms with Gasteiger partial charge in [0.2, 0.25) is 5.91 Å². The number of ether oxygens (including phenoxy) is 2. The van der Waals surface area contributed by atoms with Gasteiger partial charge in [-0.25, -0.2) is 0 Å². The quantitative estimate of drug-likeness (QED) is 0.654. The van der Waals surface area contributed by atoms with Crippen molar-refractivity contribution in [2.24, 2.45) is 0 Å². The largest absolute Gasteiger partial charge is 0.493 e. The molecular weight excluding hydrogens is 358 g/mol. The SMILES string of the molecule is CCNC(=O)COc1ccc(CNC(=O)CN(C)c2ccccc2)cc1OC. The molecule has 2 amide bonds. The molecular formula is C21H27N3O4. The van der Waals surface area contributed by atoms with Crippen molar-refractivity contribution >= 4 is 17.5 Å². The van der Waals surface area contributed by atoms with Gasteiger partial charge < -0.3 is 25.0 Å². The molecule has 0 atom stereocenters. The van der Waals surface area contributed by atoms with Crippen LogP contribution in [0, 0.1) is 0 Å². The van der Waals surface area contributed by atoms with E-state index in [9.17, 15) is 9.59 Å². The number of benzene rings is 2. The summed E-state index contributed by atoms with van der Waals surface area (Å²) in [5.74, 6) is 0.718. The third kappa shape index (κ3) is 6.50. The van der Waals surface area contributed by atoms with Crippen molar-refractivity contribution in [1.29, 1.82) is 0 Å². The topological polar surface area (TPSA) is 79.9 Å². The second kappa shape index (κ2) is 10.8. The van der Waals surface area contributed by atoms with Crippen LogP contribution >= 0.6 is 0 Å². The van der Waals surface area contributed by atoms with E-state index in [2.05, 4.69) is 10.6 Å². The van der Waals surface area contributed by atoms with E-state index >= 15 is 0 Å². The first-order chi connectivity index (χ1) is 13.5. The summed E-state index contributed by atoms with van der Waals surface area (Å²) in [6.45, 7) is 2.95. The van der Waals surface area contributed by atoms with Crippen LogP contribution in [0.1, 0.15) is 12.5 Å². The van der Waals surface area contributed by atoms with Crippen LogP contribution in [0.25, 0.3) is 0 Å². The number of para-hydroxylation sites is 1. The first-order valence-corrected chi connectivity index (χ1v) is 9.12. The van der Waals surface area contributed by atoms with Crippen LogP contribution < -0.4 is 25.0 Å². The molecule has 2 aromatic rings. The number of carbonyl (C=O) groups excluding carboxylic acids is 2. The number of rotatable bonds is 10. The van der Waals surface area contributed by atoms with E-state index in [4.69, 9.17) is 9.47 Å². The molecule has 0 radical (unpaired) electrons. The smallest absolute Gasteiger partial charge is 0.257 e. The number of nitrogens with zero attached hydrogens (tertiary/aromatic N) is 1. The molecule has 2 aromatic carbocycles. The average molecular weight is 385 g/mol. The number of hydrogen-bond donors (Lipinski definition) is 2. The third-order valence-electron chi connectivity index (χ3n) is 4.03. The van der Waals surface area contributed by atoms with Gasteiger partial charge in [0.15, 0.2) is 18.1 Å². The zero-order valence-electron chi connectivity index (χ0n) is 16.5.